The fraction of sp³-hybridized carbons (Fsp3) is 0.833. The summed E-state index contributed by atoms with van der Waals surface area (Å²) in [5.41, 5.74) is 7.67. The second kappa shape index (κ2) is 7.09. The Morgan fingerprint density at radius 2 is 2.33 bits per heavy atom. The summed E-state index contributed by atoms with van der Waals surface area (Å²) in [4.78, 5) is 10.5. The van der Waals surface area contributed by atoms with Crippen LogP contribution in [0, 0.1) is 0 Å². The standard InChI is InChI=1S/C6H15BN2O3/c7-12-9-5(6(10)11)3-1-2-4-8/h5,9H,1-4,7-8H2,(H,10,11)/t5-/m0/s1. The number of nitrogens with one attached hydrogen (secondary N) is 1. The van der Waals surface area contributed by atoms with Gasteiger partial charge >= 0.3 is 5.97 Å². The minimum absolute atomic E-state index is 0.542. The summed E-state index contributed by atoms with van der Waals surface area (Å²) in [6, 6.07) is -0.624. The smallest absolute Gasteiger partial charge is 0.322 e. The van der Waals surface area contributed by atoms with Crippen LogP contribution >= 0.6 is 0 Å². The summed E-state index contributed by atoms with van der Waals surface area (Å²) in [7, 11) is 1.40. The van der Waals surface area contributed by atoms with Gasteiger partial charge in [-0.05, 0) is 25.8 Å². The molecule has 0 aromatic rings. The van der Waals surface area contributed by atoms with E-state index in [1.807, 2.05) is 0 Å². The number of hydrogen-bond acceptors (Lipinski definition) is 4. The summed E-state index contributed by atoms with van der Waals surface area (Å²) in [5, 5.41) is 8.63. The molecule has 6 heteroatoms. The zero-order valence-corrected chi connectivity index (χ0v) is 7.25. The Hall–Kier alpha value is -0.585. The van der Waals surface area contributed by atoms with Crippen LogP contribution in [0.1, 0.15) is 19.3 Å². The molecule has 0 radical (unpaired) electrons. The number of unbranched alkanes of at least 4 members (excludes halogenated alkanes) is 1. The van der Waals surface area contributed by atoms with Gasteiger partial charge in [0.2, 0.25) is 0 Å². The quantitative estimate of drug-likeness (QED) is 0.252. The Labute approximate surface area is 72.7 Å². The Balaban J connectivity index is 3.56. The first-order chi connectivity index (χ1) is 5.72. The third-order valence-electron chi connectivity index (χ3n) is 1.51. The number of carboxylic acid groups (broad SMARTS) is 1. The first-order valence-corrected chi connectivity index (χ1v) is 3.93. The Kier molecular flexibility index (Phi) is 6.74. The van der Waals surface area contributed by atoms with E-state index in [0.717, 1.165) is 12.8 Å². The molecule has 0 saturated carbocycles. The van der Waals surface area contributed by atoms with Crippen LogP contribution in [0.2, 0.25) is 0 Å². The second-order valence-corrected chi connectivity index (χ2v) is 2.50. The maximum atomic E-state index is 10.5. The van der Waals surface area contributed by atoms with Crippen molar-refractivity contribution in [3.05, 3.63) is 0 Å². The number of aliphatic carboxylic acids is 1. The molecule has 0 spiro atoms. The van der Waals surface area contributed by atoms with Gasteiger partial charge in [-0.1, -0.05) is 0 Å². The summed E-state index contributed by atoms with van der Waals surface area (Å²) >= 11 is 0. The molecule has 0 heterocycles. The van der Waals surface area contributed by atoms with E-state index < -0.39 is 12.0 Å². The number of carboxylic acids is 1. The van der Waals surface area contributed by atoms with Crippen molar-refractivity contribution >= 4 is 14.0 Å². The Bertz CT molecular complexity index is 134. The molecule has 0 aliphatic carbocycles. The molecule has 70 valence electrons. The minimum Gasteiger partial charge on any atom is -0.480 e. The van der Waals surface area contributed by atoms with Gasteiger partial charge in [0.1, 0.15) is 6.04 Å². The second-order valence-electron chi connectivity index (χ2n) is 2.50. The summed E-state index contributed by atoms with van der Waals surface area (Å²) < 4.78 is 4.53. The van der Waals surface area contributed by atoms with Gasteiger partial charge < -0.3 is 15.6 Å². The number of hydroxylamine groups is 1. The van der Waals surface area contributed by atoms with E-state index in [-0.39, 0.29) is 0 Å². The van der Waals surface area contributed by atoms with E-state index in [2.05, 4.69) is 10.2 Å². The normalized spacial score (nSPS) is 12.8. The van der Waals surface area contributed by atoms with Gasteiger partial charge in [0.05, 0.1) is 0 Å². The zero-order valence-electron chi connectivity index (χ0n) is 7.25. The number of rotatable bonds is 7. The van der Waals surface area contributed by atoms with Gasteiger partial charge in [0, 0.05) is 0 Å². The molecule has 5 nitrogen and oxygen atoms in total. The van der Waals surface area contributed by atoms with Gasteiger partial charge in [-0.3, -0.25) is 4.79 Å². The van der Waals surface area contributed by atoms with Crippen molar-refractivity contribution in [1.82, 2.24) is 5.48 Å². The highest BCUT2D eigenvalue weighted by atomic mass is 16.6. The van der Waals surface area contributed by atoms with Gasteiger partial charge in [-0.25, -0.2) is 5.48 Å². The van der Waals surface area contributed by atoms with E-state index in [9.17, 15) is 4.79 Å². The molecule has 0 aliphatic heterocycles. The molecule has 0 bridgehead atoms. The van der Waals surface area contributed by atoms with Crippen molar-refractivity contribution in [1.29, 1.82) is 0 Å². The fourth-order valence-corrected chi connectivity index (χ4v) is 0.868. The molecule has 0 saturated heterocycles. The number of nitrogens with two attached hydrogens (primary N) is 1. The molecule has 0 aliphatic rings. The predicted octanol–water partition coefficient (Wildman–Crippen LogP) is -1.36. The SMILES string of the molecule is BON[C@@H](CCCCN)C(=O)O. The lowest BCUT2D eigenvalue weighted by molar-refractivity contribution is -0.141. The topological polar surface area (TPSA) is 84.6 Å². The highest BCUT2D eigenvalue weighted by molar-refractivity contribution is 5.97. The lowest BCUT2D eigenvalue weighted by Crippen LogP contribution is -2.36. The van der Waals surface area contributed by atoms with E-state index in [1.54, 1.807) is 0 Å². The summed E-state index contributed by atoms with van der Waals surface area (Å²) in [5.74, 6) is -0.895. The third-order valence-corrected chi connectivity index (χ3v) is 1.51. The van der Waals surface area contributed by atoms with Crippen LogP contribution in [-0.4, -0.2) is 31.7 Å². The first-order valence-electron chi connectivity index (χ1n) is 3.93. The first kappa shape index (κ1) is 11.4. The summed E-state index contributed by atoms with van der Waals surface area (Å²) in [6.07, 6.45) is 2.18. The average Bonchev–Trinajstić information content (AvgIpc) is 2.03. The van der Waals surface area contributed by atoms with Gasteiger partial charge in [-0.15, -0.1) is 0 Å². The van der Waals surface area contributed by atoms with Crippen molar-refractivity contribution in [2.45, 2.75) is 25.3 Å². The minimum atomic E-state index is -0.895. The van der Waals surface area contributed by atoms with E-state index in [0.29, 0.717) is 13.0 Å². The molecule has 0 amide bonds. The fourth-order valence-electron chi connectivity index (χ4n) is 0.868. The average molecular weight is 174 g/mol. The molecule has 1 atom stereocenters. The highest BCUT2D eigenvalue weighted by Gasteiger charge is 2.15. The largest absolute Gasteiger partial charge is 0.480 e. The Morgan fingerprint density at radius 1 is 1.67 bits per heavy atom. The molecule has 12 heavy (non-hydrogen) atoms. The van der Waals surface area contributed by atoms with Gasteiger partial charge in [-0.2, -0.15) is 0 Å². The van der Waals surface area contributed by atoms with Gasteiger partial charge in [0.25, 0.3) is 8.05 Å². The van der Waals surface area contributed by atoms with E-state index in [4.69, 9.17) is 10.8 Å². The van der Waals surface area contributed by atoms with Crippen LogP contribution in [0.4, 0.5) is 0 Å². The molecule has 0 aromatic heterocycles. The van der Waals surface area contributed by atoms with Crippen LogP contribution in [0.25, 0.3) is 0 Å². The van der Waals surface area contributed by atoms with Crippen molar-refractivity contribution in [3.63, 3.8) is 0 Å². The Morgan fingerprint density at radius 3 is 2.75 bits per heavy atom. The lowest BCUT2D eigenvalue weighted by atomic mass is 10.1. The molecule has 0 unspecified atom stereocenters. The van der Waals surface area contributed by atoms with Crippen molar-refractivity contribution in [2.24, 2.45) is 5.73 Å². The van der Waals surface area contributed by atoms with Crippen LogP contribution in [0.3, 0.4) is 0 Å². The van der Waals surface area contributed by atoms with E-state index >= 15 is 0 Å². The molecule has 0 fully saturated rings. The van der Waals surface area contributed by atoms with Crippen LogP contribution in [0.5, 0.6) is 0 Å². The van der Waals surface area contributed by atoms with Gasteiger partial charge in [0.15, 0.2) is 0 Å². The zero-order chi connectivity index (χ0) is 9.40. The van der Waals surface area contributed by atoms with Crippen molar-refractivity contribution in [3.8, 4) is 0 Å². The van der Waals surface area contributed by atoms with Crippen LogP contribution in [-0.2, 0) is 9.55 Å². The molecular formula is C6H15BN2O3. The lowest BCUT2D eigenvalue weighted by Gasteiger charge is -2.11. The highest BCUT2D eigenvalue weighted by Crippen LogP contribution is 1.99. The molecule has 0 aromatic carbocycles. The summed E-state index contributed by atoms with van der Waals surface area (Å²) in [6.45, 7) is 0.597. The molecule has 4 N–H and O–H groups in total. The molecule has 0 rings (SSSR count). The predicted molar refractivity (Wildman–Crippen MR) is 47.1 cm³/mol. The monoisotopic (exact) mass is 174 g/mol. The van der Waals surface area contributed by atoms with Crippen LogP contribution < -0.4 is 11.2 Å². The number of hydrogen-bond donors (Lipinski definition) is 3. The maximum Gasteiger partial charge on any atom is 0.322 e. The molecular weight excluding hydrogens is 159 g/mol. The van der Waals surface area contributed by atoms with E-state index in [1.165, 1.54) is 8.05 Å². The van der Waals surface area contributed by atoms with Crippen molar-refractivity contribution in [2.75, 3.05) is 6.54 Å². The number of carbonyl (C=O) groups is 1. The maximum absolute atomic E-state index is 10.5. The van der Waals surface area contributed by atoms with Crippen LogP contribution in [0.15, 0.2) is 0 Å². The third kappa shape index (κ3) is 5.12. The van der Waals surface area contributed by atoms with Crippen molar-refractivity contribution < 1.29 is 14.7 Å².